The summed E-state index contributed by atoms with van der Waals surface area (Å²) in [6.07, 6.45) is 3.73. The molecule has 2 heterocycles. The lowest BCUT2D eigenvalue weighted by atomic mass is 10.2. The van der Waals surface area contributed by atoms with Crippen LogP contribution in [0.5, 0.6) is 5.75 Å². The zero-order chi connectivity index (χ0) is 17.5. The van der Waals surface area contributed by atoms with E-state index in [-0.39, 0.29) is 12.0 Å². The molecule has 7 heteroatoms. The van der Waals surface area contributed by atoms with Gasteiger partial charge in [0, 0.05) is 31.3 Å². The minimum absolute atomic E-state index is 0.206. The molecule has 2 N–H and O–H groups in total. The van der Waals surface area contributed by atoms with Gasteiger partial charge in [-0.05, 0) is 18.9 Å². The largest absolute Gasteiger partial charge is 0.496 e. The molecule has 1 atom stereocenters. The van der Waals surface area contributed by atoms with Crippen molar-refractivity contribution in [2.24, 2.45) is 0 Å². The van der Waals surface area contributed by atoms with Gasteiger partial charge in [0.2, 0.25) is 0 Å². The molecule has 1 amide bonds. The average Bonchev–Trinajstić information content (AvgIpc) is 3.18. The molecule has 7 nitrogen and oxygen atoms in total. The minimum atomic E-state index is -0.256. The van der Waals surface area contributed by atoms with Crippen LogP contribution in [0.4, 0.5) is 5.82 Å². The van der Waals surface area contributed by atoms with E-state index in [1.54, 1.807) is 13.2 Å². The maximum Gasteiger partial charge on any atom is 0.270 e. The van der Waals surface area contributed by atoms with E-state index in [0.717, 1.165) is 30.8 Å². The Morgan fingerprint density at radius 3 is 3.04 bits per heavy atom. The summed E-state index contributed by atoms with van der Waals surface area (Å²) < 4.78 is 10.8. The van der Waals surface area contributed by atoms with Gasteiger partial charge in [-0.1, -0.05) is 18.2 Å². The minimum Gasteiger partial charge on any atom is -0.496 e. The topological polar surface area (TPSA) is 85.4 Å². The number of aromatic nitrogens is 2. The zero-order valence-corrected chi connectivity index (χ0v) is 14.2. The molecule has 0 saturated carbocycles. The predicted molar refractivity (Wildman–Crippen MR) is 93.7 cm³/mol. The van der Waals surface area contributed by atoms with Gasteiger partial charge < -0.3 is 20.1 Å². The van der Waals surface area contributed by atoms with Crippen molar-refractivity contribution in [3.63, 3.8) is 0 Å². The predicted octanol–water partition coefficient (Wildman–Crippen LogP) is 2.01. The van der Waals surface area contributed by atoms with Gasteiger partial charge in [-0.2, -0.15) is 0 Å². The fraction of sp³-hybridized carbons (Fsp3) is 0.389. The quantitative estimate of drug-likeness (QED) is 0.801. The van der Waals surface area contributed by atoms with Crippen LogP contribution in [0.3, 0.4) is 0 Å². The second-order valence-electron chi connectivity index (χ2n) is 5.80. The van der Waals surface area contributed by atoms with Crippen LogP contribution < -0.4 is 15.4 Å². The van der Waals surface area contributed by atoms with E-state index >= 15 is 0 Å². The first-order chi connectivity index (χ1) is 12.3. The highest BCUT2D eigenvalue weighted by Gasteiger charge is 2.16. The van der Waals surface area contributed by atoms with Crippen LogP contribution in [0.15, 0.2) is 36.7 Å². The van der Waals surface area contributed by atoms with Crippen molar-refractivity contribution in [1.82, 2.24) is 15.3 Å². The Bertz CT molecular complexity index is 717. The van der Waals surface area contributed by atoms with Crippen molar-refractivity contribution in [3.8, 4) is 5.75 Å². The summed E-state index contributed by atoms with van der Waals surface area (Å²) in [5.74, 6) is 1.10. The van der Waals surface area contributed by atoms with Gasteiger partial charge in [-0.3, -0.25) is 4.79 Å². The second kappa shape index (κ2) is 8.43. The van der Waals surface area contributed by atoms with Gasteiger partial charge in [-0.15, -0.1) is 0 Å². The highest BCUT2D eigenvalue weighted by molar-refractivity contribution is 5.92. The van der Waals surface area contributed by atoms with E-state index in [1.807, 2.05) is 24.3 Å². The van der Waals surface area contributed by atoms with Crippen molar-refractivity contribution < 1.29 is 14.3 Å². The van der Waals surface area contributed by atoms with E-state index in [4.69, 9.17) is 9.47 Å². The SMILES string of the molecule is COc1ccccc1CNC(=O)c1cc(NCC2CCCO2)ncn1. The molecule has 0 bridgehead atoms. The zero-order valence-electron chi connectivity index (χ0n) is 14.2. The average molecular weight is 342 g/mol. The van der Waals surface area contributed by atoms with E-state index in [9.17, 15) is 4.79 Å². The summed E-state index contributed by atoms with van der Waals surface area (Å²) in [7, 11) is 1.61. The summed E-state index contributed by atoms with van der Waals surface area (Å²) in [5, 5.41) is 6.05. The monoisotopic (exact) mass is 342 g/mol. The van der Waals surface area contributed by atoms with Gasteiger partial charge in [-0.25, -0.2) is 9.97 Å². The molecule has 1 unspecified atom stereocenters. The molecular weight excluding hydrogens is 320 g/mol. The molecule has 2 aromatic rings. The Morgan fingerprint density at radius 1 is 1.36 bits per heavy atom. The number of amides is 1. The summed E-state index contributed by atoms with van der Waals surface area (Å²) in [6, 6.07) is 9.21. The van der Waals surface area contributed by atoms with Crippen LogP contribution in [0.25, 0.3) is 0 Å². The van der Waals surface area contributed by atoms with Crippen LogP contribution in [0.2, 0.25) is 0 Å². The van der Waals surface area contributed by atoms with Crippen LogP contribution in [-0.2, 0) is 11.3 Å². The number of carbonyl (C=O) groups excluding carboxylic acids is 1. The molecule has 132 valence electrons. The molecule has 1 aromatic carbocycles. The van der Waals surface area contributed by atoms with Gasteiger partial charge in [0.05, 0.1) is 13.2 Å². The molecule has 1 fully saturated rings. The number of benzene rings is 1. The van der Waals surface area contributed by atoms with Crippen LogP contribution >= 0.6 is 0 Å². The van der Waals surface area contributed by atoms with Crippen molar-refractivity contribution in [2.45, 2.75) is 25.5 Å². The summed E-state index contributed by atoms with van der Waals surface area (Å²) in [6.45, 7) is 1.86. The molecule has 3 rings (SSSR count). The number of para-hydroxylation sites is 1. The van der Waals surface area contributed by atoms with E-state index < -0.39 is 0 Å². The Morgan fingerprint density at radius 2 is 2.24 bits per heavy atom. The third kappa shape index (κ3) is 4.67. The molecular formula is C18H22N4O3. The van der Waals surface area contributed by atoms with E-state index in [1.165, 1.54) is 6.33 Å². The van der Waals surface area contributed by atoms with Crippen molar-refractivity contribution in [2.75, 3.05) is 25.6 Å². The van der Waals surface area contributed by atoms with Crippen LogP contribution in [0.1, 0.15) is 28.9 Å². The first-order valence-electron chi connectivity index (χ1n) is 8.34. The van der Waals surface area contributed by atoms with E-state index in [2.05, 4.69) is 20.6 Å². The number of ether oxygens (including phenoxy) is 2. The number of nitrogens with one attached hydrogen (secondary N) is 2. The number of carbonyl (C=O) groups is 1. The van der Waals surface area contributed by atoms with Gasteiger partial charge in [0.1, 0.15) is 23.6 Å². The van der Waals surface area contributed by atoms with Crippen molar-refractivity contribution >= 4 is 11.7 Å². The lowest BCUT2D eigenvalue weighted by molar-refractivity contribution is 0.0945. The lowest BCUT2D eigenvalue weighted by Gasteiger charge is -2.12. The molecule has 1 aliphatic heterocycles. The van der Waals surface area contributed by atoms with Crippen molar-refractivity contribution in [3.05, 3.63) is 47.9 Å². The second-order valence-corrected chi connectivity index (χ2v) is 5.80. The molecule has 0 radical (unpaired) electrons. The molecule has 1 aromatic heterocycles. The van der Waals surface area contributed by atoms with Crippen molar-refractivity contribution in [1.29, 1.82) is 0 Å². The maximum absolute atomic E-state index is 12.3. The normalized spacial score (nSPS) is 16.4. The molecule has 0 spiro atoms. The first-order valence-corrected chi connectivity index (χ1v) is 8.34. The maximum atomic E-state index is 12.3. The highest BCUT2D eigenvalue weighted by atomic mass is 16.5. The molecule has 1 aliphatic rings. The Labute approximate surface area is 146 Å². The van der Waals surface area contributed by atoms with Gasteiger partial charge >= 0.3 is 0 Å². The standard InChI is InChI=1S/C18H22N4O3/c1-24-16-7-3-2-5-13(16)10-20-18(23)15-9-17(22-12-21-15)19-11-14-6-4-8-25-14/h2-3,5,7,9,12,14H,4,6,8,10-11H2,1H3,(H,20,23)(H,19,21,22). The smallest absolute Gasteiger partial charge is 0.270 e. The Kier molecular flexibility index (Phi) is 5.79. The van der Waals surface area contributed by atoms with E-state index in [0.29, 0.717) is 24.6 Å². The number of anilines is 1. The Hall–Kier alpha value is -2.67. The van der Waals surface area contributed by atoms with Crippen LogP contribution in [0, 0.1) is 0 Å². The molecule has 25 heavy (non-hydrogen) atoms. The van der Waals surface area contributed by atoms with Gasteiger partial charge in [0.25, 0.3) is 5.91 Å². The third-order valence-electron chi connectivity index (χ3n) is 4.07. The van der Waals surface area contributed by atoms with Crippen LogP contribution in [-0.4, -0.2) is 42.2 Å². The number of nitrogens with zero attached hydrogens (tertiary/aromatic N) is 2. The highest BCUT2D eigenvalue weighted by Crippen LogP contribution is 2.17. The first kappa shape index (κ1) is 17.2. The number of hydrogen-bond donors (Lipinski definition) is 2. The number of rotatable bonds is 7. The summed E-state index contributed by atoms with van der Waals surface area (Å²) in [5.41, 5.74) is 1.23. The summed E-state index contributed by atoms with van der Waals surface area (Å²) in [4.78, 5) is 20.5. The Balaban J connectivity index is 1.57. The van der Waals surface area contributed by atoms with Gasteiger partial charge in [0.15, 0.2) is 0 Å². The molecule has 1 saturated heterocycles. The fourth-order valence-electron chi connectivity index (χ4n) is 2.72. The third-order valence-corrected chi connectivity index (χ3v) is 4.07. The fourth-order valence-corrected chi connectivity index (χ4v) is 2.72. The lowest BCUT2D eigenvalue weighted by Crippen LogP contribution is -2.25. The summed E-state index contributed by atoms with van der Waals surface area (Å²) >= 11 is 0. The molecule has 0 aliphatic carbocycles. The number of methoxy groups -OCH3 is 1. The number of hydrogen-bond acceptors (Lipinski definition) is 6.